The zero-order chi connectivity index (χ0) is 19.4. The fourth-order valence-corrected chi connectivity index (χ4v) is 2.73. The van der Waals surface area contributed by atoms with Crippen LogP contribution in [0, 0.1) is 0 Å². The third-order valence-electron chi connectivity index (χ3n) is 4.20. The molecule has 0 bridgehead atoms. The van der Waals surface area contributed by atoms with Crippen molar-refractivity contribution in [2.45, 2.75) is 12.2 Å². The van der Waals surface area contributed by atoms with Crippen molar-refractivity contribution >= 4 is 11.8 Å². The van der Waals surface area contributed by atoms with Gasteiger partial charge in [-0.25, -0.2) is 0 Å². The molecule has 26 heavy (non-hydrogen) atoms. The molecule has 1 aliphatic rings. The average Bonchev–Trinajstić information content (AvgIpc) is 2.70. The highest BCUT2D eigenvalue weighted by Gasteiger charge is 2.20. The number of nitrogens with zero attached hydrogens (tertiary/aromatic N) is 1. The Balaban J connectivity index is 0.000000765. The molecule has 1 aromatic carbocycles. The summed E-state index contributed by atoms with van der Waals surface area (Å²) in [5.41, 5.74) is 8.13. The Morgan fingerprint density at radius 2 is 1.92 bits per heavy atom. The molecule has 1 fully saturated rings. The molecular formula is C19H33N5OS. The molecule has 2 rings (SSSR count). The van der Waals surface area contributed by atoms with Gasteiger partial charge in [-0.2, -0.15) is 0 Å². The van der Waals surface area contributed by atoms with E-state index in [0.29, 0.717) is 0 Å². The summed E-state index contributed by atoms with van der Waals surface area (Å²) < 4.78 is 0. The van der Waals surface area contributed by atoms with E-state index in [9.17, 15) is 5.11 Å². The second-order valence-corrected chi connectivity index (χ2v) is 6.63. The molecule has 0 amide bonds. The minimum atomic E-state index is -0.236. The summed E-state index contributed by atoms with van der Waals surface area (Å²) in [6.45, 7) is 7.21. The van der Waals surface area contributed by atoms with Crippen molar-refractivity contribution < 1.29 is 5.11 Å². The number of piperazine rings is 1. The Morgan fingerprint density at radius 1 is 1.31 bits per heavy atom. The average molecular weight is 380 g/mol. The Labute approximate surface area is 161 Å². The Bertz CT molecular complexity index is 561. The Kier molecular flexibility index (Phi) is 11.1. The molecular weight excluding hydrogens is 346 g/mol. The molecule has 0 saturated carbocycles. The molecule has 1 heterocycles. The number of hydrogen-bond donors (Lipinski definition) is 5. The number of nitrogens with one attached hydrogen (secondary N) is 3. The van der Waals surface area contributed by atoms with Gasteiger partial charge in [0, 0.05) is 37.4 Å². The topological polar surface area (TPSA) is 85.6 Å². The number of likely N-dealkylation sites (N-methyl/N-ethyl adjacent to an activating group) is 2. The fourth-order valence-electron chi connectivity index (χ4n) is 2.73. The number of hydrogen-bond acceptors (Lipinski definition) is 7. The monoisotopic (exact) mass is 379 g/mol. The first-order valence-corrected chi connectivity index (χ1v) is 10.1. The lowest BCUT2D eigenvalue weighted by molar-refractivity contribution is 0.274. The second-order valence-electron chi connectivity index (χ2n) is 5.82. The zero-order valence-electron chi connectivity index (χ0n) is 16.0. The van der Waals surface area contributed by atoms with Crippen LogP contribution in [0.1, 0.15) is 11.6 Å². The lowest BCUT2D eigenvalue weighted by Gasteiger charge is -2.35. The van der Waals surface area contributed by atoms with Crippen LogP contribution in [0.25, 0.3) is 0 Å². The quantitative estimate of drug-likeness (QED) is 0.458. The number of rotatable bonds is 7. The van der Waals surface area contributed by atoms with Crippen LogP contribution in [0.4, 0.5) is 0 Å². The summed E-state index contributed by atoms with van der Waals surface area (Å²) in [4.78, 5) is 2.29. The number of phenolic OH excluding ortho intramolecular Hbond substituents is 1. The maximum absolute atomic E-state index is 10.1. The Hall–Kier alpha value is -1.51. The third-order valence-corrected chi connectivity index (χ3v) is 4.53. The molecule has 1 aliphatic heterocycles. The summed E-state index contributed by atoms with van der Waals surface area (Å²) >= 11 is 1.62. The number of para-hydroxylation sites is 1. The minimum Gasteiger partial charge on any atom is -0.508 e. The van der Waals surface area contributed by atoms with Crippen LogP contribution in [-0.2, 0) is 0 Å². The highest BCUT2D eigenvalue weighted by Crippen LogP contribution is 2.26. The van der Waals surface area contributed by atoms with Crippen molar-refractivity contribution in [3.63, 3.8) is 0 Å². The van der Waals surface area contributed by atoms with E-state index >= 15 is 0 Å². The predicted molar refractivity (Wildman–Crippen MR) is 113 cm³/mol. The highest BCUT2D eigenvalue weighted by atomic mass is 32.2. The molecule has 0 spiro atoms. The standard InChI is InChI=1S/C16H27N5O.C3H6S/c1-18-13(12-5-3-4-6-15(12)22)11-14(16(17)19-2)21-9-7-20-8-10-21;1-3-4-2/h3-6,11,13,16,18-20,22H,7-10,17H2,1-2H3;3H,1H2,2H3/b14-11+;. The zero-order valence-corrected chi connectivity index (χ0v) is 16.9. The first kappa shape index (κ1) is 22.5. The largest absolute Gasteiger partial charge is 0.508 e. The lowest BCUT2D eigenvalue weighted by Crippen LogP contribution is -2.50. The van der Waals surface area contributed by atoms with Crippen LogP contribution in [0.2, 0.25) is 0 Å². The maximum atomic E-state index is 10.1. The van der Waals surface area contributed by atoms with Crippen LogP contribution in [-0.4, -0.2) is 62.7 Å². The minimum absolute atomic E-state index is 0.0921. The highest BCUT2D eigenvalue weighted by molar-refractivity contribution is 8.01. The summed E-state index contributed by atoms with van der Waals surface area (Å²) in [7, 11) is 3.74. The van der Waals surface area contributed by atoms with Gasteiger partial charge in [-0.15, -0.1) is 11.8 Å². The lowest BCUT2D eigenvalue weighted by atomic mass is 10.0. The van der Waals surface area contributed by atoms with E-state index in [-0.39, 0.29) is 18.0 Å². The molecule has 1 aromatic rings. The summed E-state index contributed by atoms with van der Waals surface area (Å²) in [5.74, 6) is 0.288. The number of nitrogens with two attached hydrogens (primary N) is 1. The summed E-state index contributed by atoms with van der Waals surface area (Å²) in [5, 5.41) is 21.6. The fraction of sp³-hybridized carbons (Fsp3) is 0.474. The SMILES string of the molecule is C=CSC.CNC(N)/C(=C\C(NC)c1ccccc1O)N1CCNCC1. The van der Waals surface area contributed by atoms with Gasteiger partial charge in [0.2, 0.25) is 0 Å². The van der Waals surface area contributed by atoms with Crippen LogP contribution < -0.4 is 21.7 Å². The van der Waals surface area contributed by atoms with E-state index in [0.717, 1.165) is 37.4 Å². The molecule has 0 aliphatic carbocycles. The third kappa shape index (κ3) is 7.01. The van der Waals surface area contributed by atoms with Crippen LogP contribution in [0.15, 0.2) is 48.0 Å². The van der Waals surface area contributed by atoms with Crippen molar-refractivity contribution in [3.05, 3.63) is 53.6 Å². The predicted octanol–water partition coefficient (Wildman–Crippen LogP) is 1.44. The van der Waals surface area contributed by atoms with Gasteiger partial charge in [-0.3, -0.25) is 0 Å². The van der Waals surface area contributed by atoms with Crippen molar-refractivity contribution in [1.82, 2.24) is 20.9 Å². The van der Waals surface area contributed by atoms with Gasteiger partial charge < -0.3 is 31.7 Å². The normalized spacial score (nSPS) is 17.1. The molecule has 7 heteroatoms. The van der Waals surface area contributed by atoms with Gasteiger partial charge in [-0.05, 0) is 37.9 Å². The number of aromatic hydroxyl groups is 1. The smallest absolute Gasteiger partial charge is 0.120 e. The molecule has 2 atom stereocenters. The van der Waals surface area contributed by atoms with E-state index in [1.54, 1.807) is 23.2 Å². The van der Waals surface area contributed by atoms with Crippen molar-refractivity contribution in [1.29, 1.82) is 0 Å². The van der Waals surface area contributed by atoms with Gasteiger partial charge in [0.15, 0.2) is 0 Å². The van der Waals surface area contributed by atoms with Gasteiger partial charge in [0.1, 0.15) is 5.75 Å². The van der Waals surface area contributed by atoms with E-state index in [1.165, 1.54) is 0 Å². The number of thioether (sulfide) groups is 1. The van der Waals surface area contributed by atoms with Crippen LogP contribution in [0.5, 0.6) is 5.75 Å². The molecule has 0 radical (unpaired) electrons. The number of benzene rings is 1. The molecule has 1 saturated heterocycles. The van der Waals surface area contributed by atoms with Crippen molar-refractivity contribution in [2.75, 3.05) is 46.5 Å². The van der Waals surface area contributed by atoms with Gasteiger partial charge in [0.25, 0.3) is 0 Å². The maximum Gasteiger partial charge on any atom is 0.120 e. The number of phenols is 1. The van der Waals surface area contributed by atoms with Gasteiger partial charge in [0.05, 0.1) is 12.2 Å². The molecule has 2 unspecified atom stereocenters. The van der Waals surface area contributed by atoms with Crippen molar-refractivity contribution in [2.24, 2.45) is 5.73 Å². The van der Waals surface area contributed by atoms with E-state index in [4.69, 9.17) is 5.73 Å². The van der Waals surface area contributed by atoms with Crippen LogP contribution in [0.3, 0.4) is 0 Å². The molecule has 0 aromatic heterocycles. The second kappa shape index (κ2) is 12.8. The van der Waals surface area contributed by atoms with Gasteiger partial charge in [-0.1, -0.05) is 24.8 Å². The molecule has 6 N–H and O–H groups in total. The van der Waals surface area contributed by atoms with Crippen LogP contribution >= 0.6 is 11.8 Å². The van der Waals surface area contributed by atoms with E-state index in [1.807, 2.05) is 38.6 Å². The first-order chi connectivity index (χ1) is 12.6. The summed E-state index contributed by atoms with van der Waals surface area (Å²) in [6.07, 6.45) is 3.84. The molecule has 6 nitrogen and oxygen atoms in total. The van der Waals surface area contributed by atoms with Crippen molar-refractivity contribution in [3.8, 4) is 5.75 Å². The Morgan fingerprint density at radius 3 is 2.42 bits per heavy atom. The van der Waals surface area contributed by atoms with Gasteiger partial charge >= 0.3 is 0 Å². The summed E-state index contributed by atoms with van der Waals surface area (Å²) in [6, 6.07) is 7.29. The molecule has 146 valence electrons. The van der Waals surface area contributed by atoms with E-state index in [2.05, 4.69) is 33.5 Å². The first-order valence-electron chi connectivity index (χ1n) is 8.78. The van der Waals surface area contributed by atoms with E-state index < -0.39 is 0 Å².